The molecule has 0 radical (unpaired) electrons. The molecule has 0 aliphatic carbocycles. The number of methoxy groups -OCH3 is 1. The molecular weight excluding hydrogens is 413 g/mol. The van der Waals surface area contributed by atoms with E-state index in [9.17, 15) is 9.36 Å². The number of hydrogen-bond donors (Lipinski definition) is 4. The van der Waals surface area contributed by atoms with E-state index in [-0.39, 0.29) is 18.8 Å². The number of rotatable bonds is 10. The first-order valence-corrected chi connectivity index (χ1v) is 10.4. The molecule has 0 aromatic heterocycles. The predicted octanol–water partition coefficient (Wildman–Crippen LogP) is -0.500. The molecule has 2 fully saturated rings. The first kappa shape index (κ1) is 24.0. The Hall–Kier alpha value is -1.31. The number of ether oxygens (including phenoxy) is 4. The highest BCUT2D eigenvalue weighted by Gasteiger charge is 2.39. The van der Waals surface area contributed by atoms with Gasteiger partial charge in [-0.15, -0.1) is 0 Å². The zero-order valence-electron chi connectivity index (χ0n) is 16.0. The van der Waals surface area contributed by atoms with E-state index in [4.69, 9.17) is 40.0 Å². The highest BCUT2D eigenvalue weighted by Crippen LogP contribution is 2.37. The average Bonchev–Trinajstić information content (AvgIpc) is 3.18. The number of amides is 1. The molecule has 15 heteroatoms. The van der Waals surface area contributed by atoms with Gasteiger partial charge in [-0.05, 0) is 12.5 Å². The Labute approximate surface area is 166 Å². The largest absolute Gasteiger partial charge is 0.469 e. The number of nitrogens with zero attached hydrogens (tertiary/aromatic N) is 3. The monoisotopic (exact) mass is 439 g/mol. The fraction of sp³-hybridized carbons (Fsp3) is 0.929. The van der Waals surface area contributed by atoms with Crippen molar-refractivity contribution >= 4 is 13.7 Å². The Balaban J connectivity index is 1.94. The van der Waals surface area contributed by atoms with Gasteiger partial charge in [0.2, 0.25) is 6.23 Å². The fourth-order valence-electron chi connectivity index (χ4n) is 3.20. The molecule has 2 saturated heterocycles. The quantitative estimate of drug-likeness (QED) is 0.148. The van der Waals surface area contributed by atoms with Crippen molar-refractivity contribution in [3.8, 4) is 0 Å². The van der Waals surface area contributed by atoms with Gasteiger partial charge in [0.15, 0.2) is 0 Å². The van der Waals surface area contributed by atoms with Gasteiger partial charge in [-0.2, -0.15) is 0 Å². The predicted molar refractivity (Wildman–Crippen MR) is 96.0 cm³/mol. The summed E-state index contributed by atoms with van der Waals surface area (Å²) in [5.74, 6) is -0.712. The number of phosphoric ester groups is 1. The van der Waals surface area contributed by atoms with Gasteiger partial charge in [0.25, 0.3) is 5.91 Å². The van der Waals surface area contributed by atoms with Crippen LogP contribution in [0.5, 0.6) is 0 Å². The van der Waals surface area contributed by atoms with E-state index in [1.165, 1.54) is 7.11 Å². The number of carbonyl (C=O) groups excluding carboxylic acids is 1. The summed E-state index contributed by atoms with van der Waals surface area (Å²) in [5, 5.41) is 5.92. The zero-order valence-corrected chi connectivity index (χ0v) is 16.9. The smallest absolute Gasteiger partial charge is 0.379 e. The van der Waals surface area contributed by atoms with Crippen molar-refractivity contribution in [1.29, 1.82) is 0 Å². The summed E-state index contributed by atoms with van der Waals surface area (Å²) in [7, 11) is -3.19. The van der Waals surface area contributed by atoms with Crippen molar-refractivity contribution < 1.29 is 42.6 Å². The van der Waals surface area contributed by atoms with Crippen molar-refractivity contribution in [3.05, 3.63) is 10.4 Å². The fourth-order valence-corrected chi connectivity index (χ4v) is 3.54. The maximum atomic E-state index is 12.4. The van der Waals surface area contributed by atoms with Crippen molar-refractivity contribution in [3.63, 3.8) is 0 Å². The molecule has 0 saturated carbocycles. The van der Waals surface area contributed by atoms with Crippen molar-refractivity contribution in [2.45, 2.75) is 62.7 Å². The maximum absolute atomic E-state index is 12.4. The normalized spacial score (nSPS) is 33.3. The van der Waals surface area contributed by atoms with Gasteiger partial charge in [-0.1, -0.05) is 5.11 Å². The number of hydrogen-bond acceptors (Lipinski definition) is 9. The van der Waals surface area contributed by atoms with Gasteiger partial charge in [0, 0.05) is 31.4 Å². The Morgan fingerprint density at radius 2 is 2.10 bits per heavy atom. The molecule has 166 valence electrons. The Kier molecular flexibility index (Phi) is 8.79. The first-order valence-electron chi connectivity index (χ1n) is 8.89. The molecule has 7 unspecified atom stereocenters. The molecule has 5 N–H and O–H groups in total. The molecule has 2 aliphatic rings. The van der Waals surface area contributed by atoms with Crippen LogP contribution in [0.15, 0.2) is 5.11 Å². The Bertz CT molecular complexity index is 657. The average molecular weight is 439 g/mol. The molecule has 2 aliphatic heterocycles. The lowest BCUT2D eigenvalue weighted by Gasteiger charge is -2.23. The second-order valence-electron chi connectivity index (χ2n) is 6.71. The van der Waals surface area contributed by atoms with Crippen molar-refractivity contribution in [1.82, 2.24) is 5.32 Å². The summed E-state index contributed by atoms with van der Waals surface area (Å²) in [6, 6.07) is 0. The first-order chi connectivity index (χ1) is 13.6. The van der Waals surface area contributed by atoms with Crippen LogP contribution in [-0.2, 0) is 32.8 Å². The van der Waals surface area contributed by atoms with Crippen LogP contribution in [-0.4, -0.2) is 78.9 Å². The van der Waals surface area contributed by atoms with Gasteiger partial charge >= 0.3 is 7.82 Å². The van der Waals surface area contributed by atoms with E-state index in [1.54, 1.807) is 6.92 Å². The molecule has 0 spiro atoms. The lowest BCUT2D eigenvalue weighted by atomic mass is 10.1. The van der Waals surface area contributed by atoms with E-state index in [1.807, 2.05) is 0 Å². The number of carbonyl (C=O) groups is 1. The van der Waals surface area contributed by atoms with E-state index in [0.29, 0.717) is 12.8 Å². The number of nitrogens with one attached hydrogen (secondary N) is 1. The standard InChI is InChI=1S/C14H26N5O9P/c1-7-3-9(11(26-7)6-25-29(21,22)23)28-14(18-19-16)13(20)17-5-10-8(24-2)4-12(15)27-10/h7-12,14H,3-6,15H2,1-2H3,(H,17,20)(H2,21,22,23). The minimum atomic E-state index is -4.70. The third-order valence-corrected chi connectivity index (χ3v) is 4.97. The summed E-state index contributed by atoms with van der Waals surface area (Å²) in [5.41, 5.74) is 14.5. The Morgan fingerprint density at radius 3 is 2.72 bits per heavy atom. The second-order valence-corrected chi connectivity index (χ2v) is 7.95. The van der Waals surface area contributed by atoms with Gasteiger partial charge in [0.1, 0.15) is 18.4 Å². The van der Waals surface area contributed by atoms with Crippen LogP contribution in [0.25, 0.3) is 10.4 Å². The molecule has 14 nitrogen and oxygen atoms in total. The molecule has 2 rings (SSSR count). The minimum absolute atomic E-state index is 0.0637. The molecule has 29 heavy (non-hydrogen) atoms. The van der Waals surface area contributed by atoms with E-state index in [2.05, 4.69) is 19.9 Å². The molecule has 0 aromatic rings. The summed E-state index contributed by atoms with van der Waals surface area (Å²) in [6.45, 7) is 1.34. The number of nitrogens with two attached hydrogens (primary N) is 1. The van der Waals surface area contributed by atoms with Crippen LogP contribution in [0.2, 0.25) is 0 Å². The van der Waals surface area contributed by atoms with Crippen LogP contribution in [0.4, 0.5) is 0 Å². The van der Waals surface area contributed by atoms with Crippen LogP contribution in [0, 0.1) is 0 Å². The topological polar surface area (TPSA) is 208 Å². The van der Waals surface area contributed by atoms with Crippen LogP contribution in [0.3, 0.4) is 0 Å². The van der Waals surface area contributed by atoms with Gasteiger partial charge < -0.3 is 39.8 Å². The summed E-state index contributed by atoms with van der Waals surface area (Å²) < 4.78 is 37.2. The summed E-state index contributed by atoms with van der Waals surface area (Å²) in [6.07, 6.45) is -3.93. The number of azide groups is 1. The van der Waals surface area contributed by atoms with Crippen LogP contribution >= 0.6 is 7.82 Å². The molecule has 0 bridgehead atoms. The molecule has 2 heterocycles. The zero-order chi connectivity index (χ0) is 21.6. The van der Waals surface area contributed by atoms with Gasteiger partial charge in [-0.3, -0.25) is 9.32 Å². The minimum Gasteiger partial charge on any atom is -0.379 e. The molecular formula is C14H26N5O9P. The third-order valence-electron chi connectivity index (χ3n) is 4.49. The lowest BCUT2D eigenvalue weighted by molar-refractivity contribution is -0.140. The molecule has 0 aromatic carbocycles. The van der Waals surface area contributed by atoms with E-state index < -0.39 is 51.1 Å². The van der Waals surface area contributed by atoms with Gasteiger partial charge in [0.05, 0.1) is 24.9 Å². The third kappa shape index (κ3) is 7.46. The summed E-state index contributed by atoms with van der Waals surface area (Å²) >= 11 is 0. The summed E-state index contributed by atoms with van der Waals surface area (Å²) in [4.78, 5) is 32.8. The van der Waals surface area contributed by atoms with E-state index >= 15 is 0 Å². The lowest BCUT2D eigenvalue weighted by Crippen LogP contribution is -2.44. The van der Waals surface area contributed by atoms with Crippen molar-refractivity contribution in [2.75, 3.05) is 20.3 Å². The van der Waals surface area contributed by atoms with Crippen molar-refractivity contribution in [2.24, 2.45) is 10.8 Å². The molecule has 1 amide bonds. The molecule has 7 atom stereocenters. The Morgan fingerprint density at radius 1 is 1.38 bits per heavy atom. The highest BCUT2D eigenvalue weighted by molar-refractivity contribution is 7.46. The maximum Gasteiger partial charge on any atom is 0.469 e. The van der Waals surface area contributed by atoms with Crippen LogP contribution in [0.1, 0.15) is 19.8 Å². The van der Waals surface area contributed by atoms with Crippen LogP contribution < -0.4 is 11.1 Å². The SMILES string of the molecule is COC1CC(N)OC1CNC(=O)C(N=[N+]=[N-])OC1CC(C)OC1COP(=O)(O)O. The van der Waals surface area contributed by atoms with Gasteiger partial charge in [-0.25, -0.2) is 4.57 Å². The second kappa shape index (κ2) is 10.6. The highest BCUT2D eigenvalue weighted by atomic mass is 31.2. The number of phosphoric acid groups is 1. The van der Waals surface area contributed by atoms with E-state index in [0.717, 1.165) is 0 Å².